The predicted octanol–water partition coefficient (Wildman–Crippen LogP) is 11.6. The topological polar surface area (TPSA) is 71.4 Å². The van der Waals surface area contributed by atoms with Gasteiger partial charge in [-0.1, -0.05) is 97.1 Å². The van der Waals surface area contributed by atoms with Crippen LogP contribution in [0.5, 0.6) is 0 Å². The summed E-state index contributed by atoms with van der Waals surface area (Å²) in [5.74, 6) is 0. The summed E-state index contributed by atoms with van der Waals surface area (Å²) >= 11 is 0. The van der Waals surface area contributed by atoms with E-state index in [9.17, 15) is 15.8 Å². The molecule has 0 fully saturated rings. The van der Waals surface area contributed by atoms with Crippen LogP contribution in [0.15, 0.2) is 140 Å². The Morgan fingerprint density at radius 1 is 0.271 bits per heavy atom. The monoisotopic (exact) mass is 605 g/mol. The molecule has 0 bridgehead atoms. The van der Waals surface area contributed by atoms with Gasteiger partial charge in [-0.05, 0) is 129 Å². The number of nitriles is 3. The zero-order valence-corrected chi connectivity index (χ0v) is 25.6. The van der Waals surface area contributed by atoms with Gasteiger partial charge in [-0.3, -0.25) is 0 Å². The van der Waals surface area contributed by atoms with Gasteiger partial charge in [0.05, 0.1) is 22.8 Å². The summed E-state index contributed by atoms with van der Waals surface area (Å²) in [5, 5.41) is 42.5. The van der Waals surface area contributed by atoms with Crippen molar-refractivity contribution in [1.82, 2.24) is 0 Å². The Morgan fingerprint density at radius 2 is 0.625 bits per heavy atom. The van der Waals surface area contributed by atoms with E-state index in [-0.39, 0.29) is 0 Å². The van der Waals surface area contributed by atoms with Gasteiger partial charge in [0.25, 0.3) is 0 Å². The van der Waals surface area contributed by atoms with Crippen molar-refractivity contribution in [3.8, 4) is 40.5 Å². The first-order valence-electron chi connectivity index (χ1n) is 15.8. The molecule has 0 unspecified atom stereocenters. The van der Waals surface area contributed by atoms with E-state index >= 15 is 0 Å². The highest BCUT2D eigenvalue weighted by atomic mass is 14.3. The quantitative estimate of drug-likeness (QED) is 0.184. The maximum absolute atomic E-state index is 9.88. The first-order valence-corrected chi connectivity index (χ1v) is 15.8. The van der Waals surface area contributed by atoms with E-state index in [1.54, 1.807) is 0 Å². The Labute approximate surface area is 276 Å². The second-order valence-electron chi connectivity index (χ2n) is 12.2. The predicted molar refractivity (Wildman–Crippen MR) is 196 cm³/mol. The lowest BCUT2D eigenvalue weighted by Gasteiger charge is -2.15. The molecule has 0 heterocycles. The first-order chi connectivity index (χ1) is 23.6. The van der Waals surface area contributed by atoms with Crippen LogP contribution in [-0.2, 0) is 0 Å². The third-order valence-corrected chi connectivity index (χ3v) is 9.71. The van der Waals surface area contributed by atoms with Crippen LogP contribution < -0.4 is 0 Å². The van der Waals surface area contributed by atoms with Crippen LogP contribution in [0.3, 0.4) is 0 Å². The number of hydrogen-bond acceptors (Lipinski definition) is 3. The molecule has 3 nitrogen and oxygen atoms in total. The van der Waals surface area contributed by atoms with Crippen molar-refractivity contribution in [2.45, 2.75) is 0 Å². The van der Waals surface area contributed by atoms with Gasteiger partial charge in [0.1, 0.15) is 12.1 Å². The number of rotatable bonds is 2. The average molecular weight is 606 g/mol. The van der Waals surface area contributed by atoms with E-state index in [1.807, 2.05) is 42.5 Å². The lowest BCUT2D eigenvalue weighted by Crippen LogP contribution is -1.90. The van der Waals surface area contributed by atoms with E-state index in [0.717, 1.165) is 54.6 Å². The maximum Gasteiger partial charge on any atom is 0.101 e. The average Bonchev–Trinajstić information content (AvgIpc) is 3.17. The molecule has 0 aliphatic rings. The van der Waals surface area contributed by atoms with Gasteiger partial charge in [-0.2, -0.15) is 15.8 Å². The summed E-state index contributed by atoms with van der Waals surface area (Å²) in [6, 6.07) is 54.9. The Hall–Kier alpha value is -6.99. The van der Waals surface area contributed by atoms with E-state index in [1.165, 1.54) is 32.3 Å². The molecule has 9 aromatic carbocycles. The van der Waals surface area contributed by atoms with Crippen LogP contribution in [0, 0.1) is 34.0 Å². The van der Waals surface area contributed by atoms with Gasteiger partial charge in [-0.25, -0.2) is 0 Å². The summed E-state index contributed by atoms with van der Waals surface area (Å²) in [4.78, 5) is 0. The first kappa shape index (κ1) is 27.3. The Kier molecular flexibility index (Phi) is 6.00. The van der Waals surface area contributed by atoms with E-state index in [2.05, 4.69) is 115 Å². The molecule has 9 aromatic rings. The van der Waals surface area contributed by atoms with Crippen LogP contribution in [0.4, 0.5) is 0 Å². The van der Waals surface area contributed by atoms with E-state index in [0.29, 0.717) is 16.7 Å². The van der Waals surface area contributed by atoms with Gasteiger partial charge < -0.3 is 0 Å². The minimum absolute atomic E-state index is 0.384. The third-order valence-electron chi connectivity index (χ3n) is 9.71. The fraction of sp³-hybridized carbons (Fsp3) is 0. The number of benzene rings is 9. The van der Waals surface area contributed by atoms with Crippen molar-refractivity contribution >= 4 is 64.6 Å². The van der Waals surface area contributed by atoms with Crippen LogP contribution in [-0.4, -0.2) is 0 Å². The zero-order chi connectivity index (χ0) is 32.4. The fourth-order valence-corrected chi connectivity index (χ4v) is 7.45. The molecule has 0 N–H and O–H groups in total. The minimum atomic E-state index is 0.384. The maximum atomic E-state index is 9.88. The Balaban J connectivity index is 1.31. The van der Waals surface area contributed by atoms with Gasteiger partial charge in [0.2, 0.25) is 0 Å². The summed E-state index contributed by atoms with van der Waals surface area (Å²) in [7, 11) is 0. The smallest absolute Gasteiger partial charge is 0.101 e. The molecule has 0 aliphatic heterocycles. The molecule has 0 atom stereocenters. The molecular formula is C45H23N3. The van der Waals surface area contributed by atoms with Crippen molar-refractivity contribution in [2.24, 2.45) is 0 Å². The number of nitrogens with zero attached hydrogens (tertiary/aromatic N) is 3. The van der Waals surface area contributed by atoms with E-state index in [4.69, 9.17) is 0 Å². The van der Waals surface area contributed by atoms with Gasteiger partial charge in [-0.15, -0.1) is 0 Å². The highest BCUT2D eigenvalue weighted by Crippen LogP contribution is 2.41. The molecule has 0 radical (unpaired) electrons. The standard InChI is InChI=1S/C45H23N3/c46-24-27-6-5-7-28(18-27)29-14-17-40-41(19-29)36-10-3-1-8-34(36)38-15-12-30(20-42(38)40)31-13-16-39-35-9-2-4-11-37(35)44-22-32(25-47)33(26-48)23-45(44)43(39)21-31/h1-23H. The minimum Gasteiger partial charge on any atom is -0.192 e. The van der Waals surface area contributed by atoms with Crippen LogP contribution in [0.2, 0.25) is 0 Å². The van der Waals surface area contributed by atoms with E-state index < -0.39 is 0 Å². The van der Waals surface area contributed by atoms with Crippen molar-refractivity contribution in [3.63, 3.8) is 0 Å². The van der Waals surface area contributed by atoms with Gasteiger partial charge in [0, 0.05) is 0 Å². The number of fused-ring (bicyclic) bond motifs is 12. The molecule has 0 aliphatic carbocycles. The van der Waals surface area contributed by atoms with Crippen LogP contribution in [0.1, 0.15) is 16.7 Å². The highest BCUT2D eigenvalue weighted by Gasteiger charge is 2.15. The largest absolute Gasteiger partial charge is 0.192 e. The molecular weight excluding hydrogens is 583 g/mol. The molecule has 0 aromatic heterocycles. The number of hydrogen-bond donors (Lipinski definition) is 0. The highest BCUT2D eigenvalue weighted by molar-refractivity contribution is 6.28. The molecule has 0 amide bonds. The molecule has 9 rings (SSSR count). The summed E-state index contributed by atoms with van der Waals surface area (Å²) in [6.45, 7) is 0. The van der Waals surface area contributed by atoms with Gasteiger partial charge >= 0.3 is 0 Å². The van der Waals surface area contributed by atoms with Crippen molar-refractivity contribution in [1.29, 1.82) is 15.8 Å². The van der Waals surface area contributed by atoms with Crippen molar-refractivity contribution in [2.75, 3.05) is 0 Å². The SMILES string of the molecule is N#Cc1cccc(-c2ccc3c(c2)c2ccccc2c2ccc(-c4ccc5c6ccccc6c6cc(C#N)c(C#N)cc6c5c4)cc23)c1. The summed E-state index contributed by atoms with van der Waals surface area (Å²) in [5.41, 5.74) is 5.69. The van der Waals surface area contributed by atoms with Gasteiger partial charge in [0.15, 0.2) is 0 Å². The molecule has 218 valence electrons. The summed E-state index contributed by atoms with van der Waals surface area (Å²) < 4.78 is 0. The van der Waals surface area contributed by atoms with Crippen molar-refractivity contribution < 1.29 is 0 Å². The lowest BCUT2D eigenvalue weighted by molar-refractivity contribution is 1.45. The zero-order valence-electron chi connectivity index (χ0n) is 25.6. The molecule has 48 heavy (non-hydrogen) atoms. The fourth-order valence-electron chi connectivity index (χ4n) is 7.45. The molecule has 0 saturated heterocycles. The van der Waals surface area contributed by atoms with Crippen LogP contribution >= 0.6 is 0 Å². The normalized spacial score (nSPS) is 11.3. The Bertz CT molecular complexity index is 2980. The second-order valence-corrected chi connectivity index (χ2v) is 12.2. The molecule has 0 spiro atoms. The molecule has 0 saturated carbocycles. The summed E-state index contributed by atoms with van der Waals surface area (Å²) in [6.07, 6.45) is 0. The Morgan fingerprint density at radius 3 is 1.08 bits per heavy atom. The van der Waals surface area contributed by atoms with Crippen molar-refractivity contribution in [3.05, 3.63) is 156 Å². The third kappa shape index (κ3) is 4.05. The second kappa shape index (κ2) is 10.5. The lowest BCUT2D eigenvalue weighted by atomic mass is 9.88. The molecule has 3 heteroatoms. The van der Waals surface area contributed by atoms with Crippen LogP contribution in [0.25, 0.3) is 86.9 Å².